The van der Waals surface area contributed by atoms with Crippen LogP contribution in [-0.4, -0.2) is 16.4 Å². The van der Waals surface area contributed by atoms with Crippen LogP contribution in [-0.2, 0) is 11.2 Å². The van der Waals surface area contributed by atoms with Gasteiger partial charge in [-0.2, -0.15) is 0 Å². The highest BCUT2D eigenvalue weighted by molar-refractivity contribution is 5.83. The van der Waals surface area contributed by atoms with Crippen molar-refractivity contribution >= 4 is 16.8 Å². The molecule has 3 heteroatoms. The molecule has 1 aromatic heterocycles. The molecule has 108 valence electrons. The molecular formula is C17H24N2O. The van der Waals surface area contributed by atoms with E-state index in [1.54, 1.807) is 0 Å². The molecule has 0 bridgehead atoms. The highest BCUT2D eigenvalue weighted by Gasteiger charge is 2.22. The zero-order valence-electron chi connectivity index (χ0n) is 12.8. The van der Waals surface area contributed by atoms with Crippen molar-refractivity contribution < 1.29 is 4.79 Å². The molecule has 2 aromatic rings. The van der Waals surface area contributed by atoms with Gasteiger partial charge in [-0.1, -0.05) is 32.0 Å². The Kier molecular flexibility index (Phi) is 4.17. The molecule has 0 radical (unpaired) electrons. The Bertz CT molecular complexity index is 596. The first-order valence-electron chi connectivity index (χ1n) is 7.23. The van der Waals surface area contributed by atoms with Gasteiger partial charge >= 0.3 is 0 Å². The molecule has 20 heavy (non-hydrogen) atoms. The smallest absolute Gasteiger partial charge is 0.220 e. The first-order valence-corrected chi connectivity index (χ1v) is 7.23. The summed E-state index contributed by atoms with van der Waals surface area (Å²) < 4.78 is 0. The zero-order chi connectivity index (χ0) is 14.8. The fraction of sp³-hybridized carbons (Fsp3) is 0.471. The lowest BCUT2D eigenvalue weighted by Gasteiger charge is -2.26. The van der Waals surface area contributed by atoms with Gasteiger partial charge in [0.2, 0.25) is 5.91 Å². The molecule has 1 aromatic carbocycles. The Morgan fingerprint density at radius 2 is 2.00 bits per heavy atom. The highest BCUT2D eigenvalue weighted by Crippen LogP contribution is 2.22. The number of carbonyl (C=O) groups excluding carboxylic acids is 1. The summed E-state index contributed by atoms with van der Waals surface area (Å²) in [5.74, 6) is 0.517. The van der Waals surface area contributed by atoms with Crippen molar-refractivity contribution in [2.24, 2.45) is 5.92 Å². The third-order valence-corrected chi connectivity index (χ3v) is 3.38. The fourth-order valence-electron chi connectivity index (χ4n) is 2.60. The lowest BCUT2D eigenvalue weighted by atomic mass is 9.94. The third-order valence-electron chi connectivity index (χ3n) is 3.38. The lowest BCUT2D eigenvalue weighted by molar-refractivity contribution is -0.123. The maximum atomic E-state index is 11.9. The van der Waals surface area contributed by atoms with E-state index in [0.29, 0.717) is 12.3 Å². The predicted molar refractivity (Wildman–Crippen MR) is 83.7 cm³/mol. The van der Waals surface area contributed by atoms with E-state index in [2.05, 4.69) is 50.1 Å². The molecule has 0 unspecified atom stereocenters. The van der Waals surface area contributed by atoms with Crippen molar-refractivity contribution in [1.29, 1.82) is 0 Å². The highest BCUT2D eigenvalue weighted by atomic mass is 16.1. The SMILES string of the molecule is CC(C)CC(=O)NC(C)(C)Cc1c[nH]c2ccccc12. The first kappa shape index (κ1) is 14.6. The second-order valence-corrected chi connectivity index (χ2v) is 6.57. The van der Waals surface area contributed by atoms with Crippen LogP contribution in [0.3, 0.4) is 0 Å². The molecule has 0 atom stereocenters. The van der Waals surface area contributed by atoms with Crippen LogP contribution in [0.1, 0.15) is 39.7 Å². The van der Waals surface area contributed by atoms with Crippen molar-refractivity contribution in [2.45, 2.75) is 46.1 Å². The van der Waals surface area contributed by atoms with Crippen molar-refractivity contribution in [3.8, 4) is 0 Å². The van der Waals surface area contributed by atoms with Crippen molar-refractivity contribution in [1.82, 2.24) is 10.3 Å². The van der Waals surface area contributed by atoms with Gasteiger partial charge in [-0.25, -0.2) is 0 Å². The molecule has 2 N–H and O–H groups in total. The quantitative estimate of drug-likeness (QED) is 0.857. The number of benzene rings is 1. The van der Waals surface area contributed by atoms with Gasteiger partial charge < -0.3 is 10.3 Å². The molecule has 0 saturated heterocycles. The molecular weight excluding hydrogens is 248 g/mol. The predicted octanol–water partition coefficient (Wildman–Crippen LogP) is 3.65. The van der Waals surface area contributed by atoms with Gasteiger partial charge in [0.05, 0.1) is 0 Å². The van der Waals surface area contributed by atoms with Gasteiger partial charge in [-0.15, -0.1) is 0 Å². The van der Waals surface area contributed by atoms with E-state index in [4.69, 9.17) is 0 Å². The van der Waals surface area contributed by atoms with Crippen LogP contribution in [0.15, 0.2) is 30.5 Å². The summed E-state index contributed by atoms with van der Waals surface area (Å²) in [5.41, 5.74) is 2.15. The standard InChI is InChI=1S/C17H24N2O/c1-12(2)9-16(20)19-17(3,4)10-13-11-18-15-8-6-5-7-14(13)15/h5-8,11-12,18H,9-10H2,1-4H3,(H,19,20). The summed E-state index contributed by atoms with van der Waals surface area (Å²) in [6, 6.07) is 8.26. The number of nitrogens with one attached hydrogen (secondary N) is 2. The molecule has 1 amide bonds. The Balaban J connectivity index is 2.09. The summed E-state index contributed by atoms with van der Waals surface area (Å²) in [7, 11) is 0. The topological polar surface area (TPSA) is 44.9 Å². The van der Waals surface area contributed by atoms with E-state index in [-0.39, 0.29) is 11.4 Å². The third kappa shape index (κ3) is 3.62. The number of hydrogen-bond acceptors (Lipinski definition) is 1. The van der Waals surface area contributed by atoms with Gasteiger partial charge in [0.25, 0.3) is 0 Å². The molecule has 0 aliphatic heterocycles. The van der Waals surface area contributed by atoms with E-state index in [9.17, 15) is 4.79 Å². The molecule has 0 aliphatic carbocycles. The van der Waals surface area contributed by atoms with Crippen LogP contribution in [0, 0.1) is 5.92 Å². The van der Waals surface area contributed by atoms with Crippen molar-refractivity contribution in [2.75, 3.05) is 0 Å². The molecule has 0 spiro atoms. The first-order chi connectivity index (χ1) is 9.37. The van der Waals surface area contributed by atoms with Crippen molar-refractivity contribution in [3.63, 3.8) is 0 Å². The summed E-state index contributed by atoms with van der Waals surface area (Å²) in [4.78, 5) is 15.2. The van der Waals surface area contributed by atoms with Gasteiger partial charge in [0.15, 0.2) is 0 Å². The molecule has 0 fully saturated rings. The van der Waals surface area contributed by atoms with Gasteiger partial charge in [0.1, 0.15) is 0 Å². The summed E-state index contributed by atoms with van der Waals surface area (Å²) in [6.45, 7) is 8.28. The number of carbonyl (C=O) groups is 1. The van der Waals surface area contributed by atoms with E-state index in [0.717, 1.165) is 11.9 Å². The Labute approximate surface area is 120 Å². The van der Waals surface area contributed by atoms with Crippen molar-refractivity contribution in [3.05, 3.63) is 36.0 Å². The number of aromatic nitrogens is 1. The molecule has 2 rings (SSSR count). The monoisotopic (exact) mass is 272 g/mol. The summed E-state index contributed by atoms with van der Waals surface area (Å²) in [6.07, 6.45) is 3.44. The fourth-order valence-corrected chi connectivity index (χ4v) is 2.60. The average molecular weight is 272 g/mol. The lowest BCUT2D eigenvalue weighted by Crippen LogP contribution is -2.45. The van der Waals surface area contributed by atoms with Gasteiger partial charge in [-0.3, -0.25) is 4.79 Å². The number of H-pyrrole nitrogens is 1. The van der Waals surface area contributed by atoms with Gasteiger partial charge in [-0.05, 0) is 37.8 Å². The van der Waals surface area contributed by atoms with Crippen LogP contribution in [0.2, 0.25) is 0 Å². The van der Waals surface area contributed by atoms with Crippen LogP contribution >= 0.6 is 0 Å². The minimum atomic E-state index is -0.239. The molecule has 0 aliphatic rings. The number of amides is 1. The summed E-state index contributed by atoms with van der Waals surface area (Å²) in [5, 5.41) is 4.37. The van der Waals surface area contributed by atoms with E-state index < -0.39 is 0 Å². The van der Waals surface area contributed by atoms with Gasteiger partial charge in [0, 0.05) is 29.1 Å². The maximum absolute atomic E-state index is 11.9. The van der Waals surface area contributed by atoms with Crippen LogP contribution < -0.4 is 5.32 Å². The second-order valence-electron chi connectivity index (χ2n) is 6.57. The minimum absolute atomic E-state index is 0.129. The zero-order valence-corrected chi connectivity index (χ0v) is 12.8. The van der Waals surface area contributed by atoms with Crippen LogP contribution in [0.4, 0.5) is 0 Å². The number of hydrogen-bond donors (Lipinski definition) is 2. The average Bonchev–Trinajstić information content (AvgIpc) is 2.70. The normalized spacial score (nSPS) is 12.1. The molecule has 0 saturated carbocycles. The number of fused-ring (bicyclic) bond motifs is 1. The van der Waals surface area contributed by atoms with Crippen LogP contribution in [0.25, 0.3) is 10.9 Å². The van der Waals surface area contributed by atoms with Crippen LogP contribution in [0.5, 0.6) is 0 Å². The summed E-state index contributed by atoms with van der Waals surface area (Å²) >= 11 is 0. The Morgan fingerprint density at radius 1 is 1.30 bits per heavy atom. The van der Waals surface area contributed by atoms with E-state index >= 15 is 0 Å². The molecule has 1 heterocycles. The number of rotatable bonds is 5. The Morgan fingerprint density at radius 3 is 2.70 bits per heavy atom. The largest absolute Gasteiger partial charge is 0.361 e. The minimum Gasteiger partial charge on any atom is -0.361 e. The molecule has 3 nitrogen and oxygen atoms in total. The second kappa shape index (κ2) is 5.70. The van der Waals surface area contributed by atoms with E-state index in [1.807, 2.05) is 18.3 Å². The van der Waals surface area contributed by atoms with E-state index in [1.165, 1.54) is 10.9 Å². The maximum Gasteiger partial charge on any atom is 0.220 e. The number of para-hydroxylation sites is 1. The number of aromatic amines is 1. The Hall–Kier alpha value is -1.77.